The largest absolute Gasteiger partial charge is 0.385 e. The van der Waals surface area contributed by atoms with Gasteiger partial charge in [0.05, 0.1) is 0 Å². The Balaban J connectivity index is 2.05. The smallest absolute Gasteiger partial charge is 0.252 e. The fourth-order valence-electron chi connectivity index (χ4n) is 2.46. The van der Waals surface area contributed by atoms with Crippen molar-refractivity contribution < 1.29 is 9.59 Å². The first kappa shape index (κ1) is 15.4. The average Bonchev–Trinajstić information content (AvgIpc) is 2.51. The van der Waals surface area contributed by atoms with E-state index in [0.717, 1.165) is 37.1 Å². The van der Waals surface area contributed by atoms with Crippen LogP contribution in [0.3, 0.4) is 0 Å². The molecule has 5 nitrogen and oxygen atoms in total. The van der Waals surface area contributed by atoms with Gasteiger partial charge in [0.1, 0.15) is 6.04 Å². The maximum Gasteiger partial charge on any atom is 0.252 e. The third-order valence-corrected chi connectivity index (χ3v) is 3.63. The predicted molar refractivity (Wildman–Crippen MR) is 83.5 cm³/mol. The van der Waals surface area contributed by atoms with E-state index in [9.17, 15) is 9.59 Å². The van der Waals surface area contributed by atoms with Crippen LogP contribution in [0.5, 0.6) is 0 Å². The zero-order chi connectivity index (χ0) is 15.2. The number of hydrogen-bond donors (Lipinski definition) is 3. The molecule has 1 unspecified atom stereocenters. The Hall–Kier alpha value is -2.04. The summed E-state index contributed by atoms with van der Waals surface area (Å²) in [5, 5.41) is 8.86. The molecule has 1 heterocycles. The molecule has 2 rings (SSSR count). The topological polar surface area (TPSA) is 70.2 Å². The van der Waals surface area contributed by atoms with Crippen molar-refractivity contribution in [3.05, 3.63) is 29.3 Å². The van der Waals surface area contributed by atoms with Crippen molar-refractivity contribution in [3.8, 4) is 0 Å². The number of carbonyl (C=O) groups excluding carboxylic acids is 2. The monoisotopic (exact) mass is 289 g/mol. The molecule has 0 bridgehead atoms. The van der Waals surface area contributed by atoms with Crippen molar-refractivity contribution >= 4 is 17.5 Å². The Morgan fingerprint density at radius 2 is 2.19 bits per heavy atom. The van der Waals surface area contributed by atoms with Gasteiger partial charge in [-0.25, -0.2) is 0 Å². The van der Waals surface area contributed by atoms with Gasteiger partial charge < -0.3 is 16.0 Å². The van der Waals surface area contributed by atoms with Gasteiger partial charge in [0.2, 0.25) is 5.91 Å². The highest BCUT2D eigenvalue weighted by Crippen LogP contribution is 2.25. The summed E-state index contributed by atoms with van der Waals surface area (Å²) in [4.78, 5) is 24.2. The van der Waals surface area contributed by atoms with Crippen molar-refractivity contribution in [3.63, 3.8) is 0 Å². The minimum Gasteiger partial charge on any atom is -0.385 e. The summed E-state index contributed by atoms with van der Waals surface area (Å²) in [6.45, 7) is 5.26. The molecule has 0 saturated heterocycles. The van der Waals surface area contributed by atoms with Gasteiger partial charge in [-0.2, -0.15) is 0 Å². The van der Waals surface area contributed by atoms with E-state index in [4.69, 9.17) is 0 Å². The molecule has 1 aromatic carbocycles. The van der Waals surface area contributed by atoms with Crippen LogP contribution in [-0.4, -0.2) is 30.9 Å². The van der Waals surface area contributed by atoms with Crippen molar-refractivity contribution in [2.45, 2.75) is 39.2 Å². The van der Waals surface area contributed by atoms with Crippen LogP contribution in [0.25, 0.3) is 0 Å². The van der Waals surface area contributed by atoms with Crippen molar-refractivity contribution in [1.29, 1.82) is 0 Å². The molecule has 1 aliphatic heterocycles. The minimum absolute atomic E-state index is 0.145. The molecule has 0 spiro atoms. The Labute approximate surface area is 125 Å². The second kappa shape index (κ2) is 7.11. The molecule has 21 heavy (non-hydrogen) atoms. The molecule has 0 radical (unpaired) electrons. The number of rotatable bonds is 5. The summed E-state index contributed by atoms with van der Waals surface area (Å²) in [6, 6.07) is 5.14. The van der Waals surface area contributed by atoms with E-state index in [1.165, 1.54) is 0 Å². The Morgan fingerprint density at radius 3 is 2.95 bits per heavy atom. The first-order valence-corrected chi connectivity index (χ1v) is 7.57. The van der Waals surface area contributed by atoms with E-state index in [1.54, 1.807) is 6.92 Å². The number of anilines is 1. The van der Waals surface area contributed by atoms with E-state index >= 15 is 0 Å². The molecule has 2 amide bonds. The molecule has 0 aliphatic carbocycles. The van der Waals surface area contributed by atoms with Gasteiger partial charge in [0.25, 0.3) is 5.91 Å². The molecular formula is C16H23N3O2. The Kier molecular flexibility index (Phi) is 5.20. The van der Waals surface area contributed by atoms with Crippen LogP contribution in [-0.2, 0) is 11.2 Å². The van der Waals surface area contributed by atoms with Crippen LogP contribution < -0.4 is 16.0 Å². The third kappa shape index (κ3) is 3.74. The molecule has 114 valence electrons. The van der Waals surface area contributed by atoms with E-state index in [-0.39, 0.29) is 11.8 Å². The number of nitrogens with one attached hydrogen (secondary N) is 3. The zero-order valence-electron chi connectivity index (χ0n) is 12.7. The lowest BCUT2D eigenvalue weighted by Gasteiger charge is -2.21. The molecule has 0 saturated carbocycles. The van der Waals surface area contributed by atoms with Crippen LogP contribution >= 0.6 is 0 Å². The Morgan fingerprint density at radius 1 is 1.38 bits per heavy atom. The fraction of sp³-hybridized carbons (Fsp3) is 0.500. The Bertz CT molecular complexity index is 528. The predicted octanol–water partition coefficient (Wildman–Crippen LogP) is 1.69. The number of carbonyl (C=O) groups is 2. The summed E-state index contributed by atoms with van der Waals surface area (Å²) in [7, 11) is 0. The van der Waals surface area contributed by atoms with Gasteiger partial charge in [0, 0.05) is 24.3 Å². The highest BCUT2D eigenvalue weighted by molar-refractivity contribution is 5.99. The van der Waals surface area contributed by atoms with Gasteiger partial charge in [-0.05, 0) is 43.9 Å². The first-order valence-electron chi connectivity index (χ1n) is 7.57. The van der Waals surface area contributed by atoms with Crippen LogP contribution in [0.2, 0.25) is 0 Å². The SMILES string of the molecule is CCCNC(=O)C(C)NC(=O)c1cccc2c1CCCN2. The zero-order valence-corrected chi connectivity index (χ0v) is 12.7. The molecule has 1 aromatic rings. The minimum atomic E-state index is -0.531. The third-order valence-electron chi connectivity index (χ3n) is 3.63. The average molecular weight is 289 g/mol. The van der Waals surface area contributed by atoms with E-state index < -0.39 is 6.04 Å². The number of benzene rings is 1. The van der Waals surface area contributed by atoms with Gasteiger partial charge in [0.15, 0.2) is 0 Å². The molecule has 0 aromatic heterocycles. The van der Waals surface area contributed by atoms with Gasteiger partial charge in [-0.15, -0.1) is 0 Å². The lowest BCUT2D eigenvalue weighted by atomic mass is 9.97. The standard InChI is InChI=1S/C16H23N3O2/c1-3-9-18-15(20)11(2)19-16(21)13-6-4-8-14-12(13)7-5-10-17-14/h4,6,8,11,17H,3,5,7,9-10H2,1-2H3,(H,18,20)(H,19,21). The van der Waals surface area contributed by atoms with Crippen molar-refractivity contribution in [2.24, 2.45) is 0 Å². The number of fused-ring (bicyclic) bond motifs is 1. The molecule has 5 heteroatoms. The van der Waals surface area contributed by atoms with Crippen molar-refractivity contribution in [2.75, 3.05) is 18.4 Å². The fourth-order valence-corrected chi connectivity index (χ4v) is 2.46. The summed E-state index contributed by atoms with van der Waals surface area (Å²) in [5.74, 6) is -0.331. The van der Waals surface area contributed by atoms with Crippen LogP contribution in [0.4, 0.5) is 5.69 Å². The van der Waals surface area contributed by atoms with Crippen LogP contribution in [0.1, 0.15) is 42.6 Å². The highest BCUT2D eigenvalue weighted by Gasteiger charge is 2.20. The highest BCUT2D eigenvalue weighted by atomic mass is 16.2. The first-order chi connectivity index (χ1) is 10.1. The summed E-state index contributed by atoms with van der Waals surface area (Å²) in [6.07, 6.45) is 2.79. The lowest BCUT2D eigenvalue weighted by Crippen LogP contribution is -2.45. The van der Waals surface area contributed by atoms with Crippen molar-refractivity contribution in [1.82, 2.24) is 10.6 Å². The summed E-state index contributed by atoms with van der Waals surface area (Å²) in [5.41, 5.74) is 2.73. The number of amides is 2. The van der Waals surface area contributed by atoms with Gasteiger partial charge in [-0.1, -0.05) is 13.0 Å². The summed E-state index contributed by atoms with van der Waals surface area (Å²) >= 11 is 0. The van der Waals surface area contributed by atoms with Crippen LogP contribution in [0, 0.1) is 0 Å². The quantitative estimate of drug-likeness (QED) is 0.772. The maximum atomic E-state index is 12.4. The number of hydrogen-bond acceptors (Lipinski definition) is 3. The van der Waals surface area contributed by atoms with E-state index in [2.05, 4.69) is 16.0 Å². The van der Waals surface area contributed by atoms with Crippen LogP contribution in [0.15, 0.2) is 18.2 Å². The molecule has 1 atom stereocenters. The van der Waals surface area contributed by atoms with Gasteiger partial charge in [-0.3, -0.25) is 9.59 Å². The maximum absolute atomic E-state index is 12.4. The second-order valence-corrected chi connectivity index (χ2v) is 5.35. The molecule has 0 fully saturated rings. The lowest BCUT2D eigenvalue weighted by molar-refractivity contribution is -0.122. The van der Waals surface area contributed by atoms with E-state index in [0.29, 0.717) is 12.1 Å². The molecule has 1 aliphatic rings. The molecular weight excluding hydrogens is 266 g/mol. The molecule has 3 N–H and O–H groups in total. The second-order valence-electron chi connectivity index (χ2n) is 5.35. The normalized spacial score (nSPS) is 14.6. The van der Waals surface area contributed by atoms with E-state index in [1.807, 2.05) is 25.1 Å². The summed E-state index contributed by atoms with van der Waals surface area (Å²) < 4.78 is 0. The van der Waals surface area contributed by atoms with Gasteiger partial charge >= 0.3 is 0 Å².